The van der Waals surface area contributed by atoms with Gasteiger partial charge in [-0.05, 0) is 42.8 Å². The first kappa shape index (κ1) is 15.5. The van der Waals surface area contributed by atoms with Crippen LogP contribution in [0.15, 0.2) is 36.0 Å². The molecule has 5 nitrogen and oxygen atoms in total. The molecule has 1 fully saturated rings. The van der Waals surface area contributed by atoms with Gasteiger partial charge in [-0.1, -0.05) is 6.07 Å². The fraction of sp³-hybridized carbons (Fsp3) is 0.389. The van der Waals surface area contributed by atoms with Gasteiger partial charge in [0.2, 0.25) is 0 Å². The van der Waals surface area contributed by atoms with Gasteiger partial charge in [0.1, 0.15) is 11.6 Å². The van der Waals surface area contributed by atoms with Crippen LogP contribution >= 0.6 is 11.3 Å². The zero-order valence-electron chi connectivity index (χ0n) is 13.7. The van der Waals surface area contributed by atoms with Crippen molar-refractivity contribution in [1.82, 2.24) is 15.0 Å². The molecule has 0 N–H and O–H groups in total. The molecule has 3 aromatic rings. The van der Waals surface area contributed by atoms with E-state index < -0.39 is 0 Å². The number of thiophene rings is 1. The second-order valence-electron chi connectivity index (χ2n) is 6.11. The minimum absolute atomic E-state index is 0.226. The standard InChI is InChI=1S/C18H20N4OS/c1-13-20-16-6-9-24-17(16)18(21-13)22-8-3-5-15(11-22)23-12-14-4-2-7-19-10-14/h2,4,6-7,9-10,15H,3,5,8,11-12H2,1H3. The van der Waals surface area contributed by atoms with Crippen molar-refractivity contribution in [2.75, 3.05) is 18.0 Å². The van der Waals surface area contributed by atoms with E-state index >= 15 is 0 Å². The van der Waals surface area contributed by atoms with E-state index in [1.54, 1.807) is 17.5 Å². The molecule has 4 heterocycles. The van der Waals surface area contributed by atoms with Crippen molar-refractivity contribution >= 4 is 27.4 Å². The minimum Gasteiger partial charge on any atom is -0.372 e. The summed E-state index contributed by atoms with van der Waals surface area (Å²) in [6.45, 7) is 4.48. The molecule has 1 unspecified atom stereocenters. The Morgan fingerprint density at radius 2 is 2.29 bits per heavy atom. The summed E-state index contributed by atoms with van der Waals surface area (Å²) in [5.41, 5.74) is 2.16. The smallest absolute Gasteiger partial charge is 0.150 e. The summed E-state index contributed by atoms with van der Waals surface area (Å²) >= 11 is 1.71. The van der Waals surface area contributed by atoms with Crippen molar-refractivity contribution in [3.8, 4) is 0 Å². The molecule has 24 heavy (non-hydrogen) atoms. The van der Waals surface area contributed by atoms with E-state index in [4.69, 9.17) is 9.72 Å². The number of ether oxygens (including phenoxy) is 1. The van der Waals surface area contributed by atoms with Crippen LogP contribution in [-0.4, -0.2) is 34.1 Å². The summed E-state index contributed by atoms with van der Waals surface area (Å²) < 4.78 is 7.30. The molecular formula is C18H20N4OS. The summed E-state index contributed by atoms with van der Waals surface area (Å²) in [7, 11) is 0. The van der Waals surface area contributed by atoms with Crippen LogP contribution in [0.25, 0.3) is 10.2 Å². The van der Waals surface area contributed by atoms with Gasteiger partial charge in [-0.2, -0.15) is 0 Å². The quantitative estimate of drug-likeness (QED) is 0.726. The van der Waals surface area contributed by atoms with Crippen LogP contribution in [0.4, 0.5) is 5.82 Å². The molecule has 0 aromatic carbocycles. The number of anilines is 1. The average Bonchev–Trinajstić information content (AvgIpc) is 3.08. The molecule has 124 valence electrons. The van der Waals surface area contributed by atoms with E-state index in [9.17, 15) is 0 Å². The summed E-state index contributed by atoms with van der Waals surface area (Å²) in [4.78, 5) is 15.7. The number of aromatic nitrogens is 3. The first-order valence-electron chi connectivity index (χ1n) is 8.27. The highest BCUT2D eigenvalue weighted by molar-refractivity contribution is 7.17. The molecule has 0 amide bonds. The van der Waals surface area contributed by atoms with Gasteiger partial charge in [0.15, 0.2) is 0 Å². The Balaban J connectivity index is 1.49. The lowest BCUT2D eigenvalue weighted by atomic mass is 10.1. The van der Waals surface area contributed by atoms with E-state index in [0.717, 1.165) is 48.7 Å². The number of piperidine rings is 1. The maximum Gasteiger partial charge on any atom is 0.150 e. The molecule has 4 rings (SSSR count). The van der Waals surface area contributed by atoms with Crippen LogP contribution in [-0.2, 0) is 11.3 Å². The molecule has 0 saturated carbocycles. The molecule has 1 aliphatic heterocycles. The van der Waals surface area contributed by atoms with Crippen molar-refractivity contribution in [3.05, 3.63) is 47.4 Å². The van der Waals surface area contributed by atoms with Crippen molar-refractivity contribution in [1.29, 1.82) is 0 Å². The zero-order chi connectivity index (χ0) is 16.4. The maximum atomic E-state index is 6.12. The average molecular weight is 340 g/mol. The van der Waals surface area contributed by atoms with Crippen LogP contribution < -0.4 is 4.90 Å². The highest BCUT2D eigenvalue weighted by Crippen LogP contribution is 2.31. The highest BCUT2D eigenvalue weighted by Gasteiger charge is 2.23. The Bertz CT molecular complexity index is 820. The van der Waals surface area contributed by atoms with Gasteiger partial charge in [0.25, 0.3) is 0 Å². The third kappa shape index (κ3) is 3.25. The van der Waals surface area contributed by atoms with E-state index in [1.165, 1.54) is 4.70 Å². The Morgan fingerprint density at radius 1 is 1.33 bits per heavy atom. The molecule has 0 radical (unpaired) electrons. The third-order valence-electron chi connectivity index (χ3n) is 4.28. The molecule has 1 aliphatic rings. The summed E-state index contributed by atoms with van der Waals surface area (Å²) in [5.74, 6) is 1.89. The van der Waals surface area contributed by atoms with E-state index in [2.05, 4.69) is 32.4 Å². The molecule has 1 atom stereocenters. The Kier molecular flexibility index (Phi) is 4.40. The molecule has 0 aliphatic carbocycles. The van der Waals surface area contributed by atoms with Crippen molar-refractivity contribution in [2.45, 2.75) is 32.5 Å². The summed E-state index contributed by atoms with van der Waals surface area (Å²) in [6.07, 6.45) is 6.09. The highest BCUT2D eigenvalue weighted by atomic mass is 32.1. The largest absolute Gasteiger partial charge is 0.372 e. The van der Waals surface area contributed by atoms with Crippen LogP contribution in [0.1, 0.15) is 24.2 Å². The molecular weight excluding hydrogens is 320 g/mol. The molecule has 0 spiro atoms. The van der Waals surface area contributed by atoms with Gasteiger partial charge in [0.05, 0.1) is 22.9 Å². The summed E-state index contributed by atoms with van der Waals surface area (Å²) in [5, 5.41) is 2.09. The van der Waals surface area contributed by atoms with Crippen LogP contribution in [0.5, 0.6) is 0 Å². The van der Waals surface area contributed by atoms with Crippen molar-refractivity contribution < 1.29 is 4.74 Å². The molecule has 6 heteroatoms. The second kappa shape index (κ2) is 6.83. The number of nitrogens with zero attached hydrogens (tertiary/aromatic N) is 4. The fourth-order valence-corrected chi connectivity index (χ4v) is 3.99. The lowest BCUT2D eigenvalue weighted by Gasteiger charge is -2.33. The van der Waals surface area contributed by atoms with Gasteiger partial charge in [-0.25, -0.2) is 9.97 Å². The normalized spacial score (nSPS) is 18.2. The minimum atomic E-state index is 0.226. The molecule has 3 aromatic heterocycles. The Morgan fingerprint density at radius 3 is 3.17 bits per heavy atom. The third-order valence-corrected chi connectivity index (χ3v) is 5.18. The molecule has 1 saturated heterocycles. The topological polar surface area (TPSA) is 51.1 Å². The second-order valence-corrected chi connectivity index (χ2v) is 7.03. The monoisotopic (exact) mass is 340 g/mol. The lowest BCUT2D eigenvalue weighted by molar-refractivity contribution is 0.0313. The number of fused-ring (bicyclic) bond motifs is 1. The number of pyridine rings is 1. The Hall–Kier alpha value is -2.05. The number of aryl methyl sites for hydroxylation is 1. The van der Waals surface area contributed by atoms with E-state index in [-0.39, 0.29) is 6.10 Å². The van der Waals surface area contributed by atoms with E-state index in [0.29, 0.717) is 6.61 Å². The first-order valence-corrected chi connectivity index (χ1v) is 9.15. The van der Waals surface area contributed by atoms with Gasteiger partial charge in [-0.15, -0.1) is 11.3 Å². The van der Waals surface area contributed by atoms with Crippen molar-refractivity contribution in [3.63, 3.8) is 0 Å². The van der Waals surface area contributed by atoms with Crippen LogP contribution in [0.3, 0.4) is 0 Å². The Labute approximate surface area is 145 Å². The predicted octanol–water partition coefficient (Wildman–Crippen LogP) is 3.58. The summed E-state index contributed by atoms with van der Waals surface area (Å²) in [6, 6.07) is 6.07. The number of rotatable bonds is 4. The first-order chi connectivity index (χ1) is 11.8. The number of hydrogen-bond donors (Lipinski definition) is 0. The molecule has 0 bridgehead atoms. The van der Waals surface area contributed by atoms with E-state index in [1.807, 2.05) is 19.2 Å². The van der Waals surface area contributed by atoms with Gasteiger partial charge < -0.3 is 9.64 Å². The van der Waals surface area contributed by atoms with Crippen molar-refractivity contribution in [2.24, 2.45) is 0 Å². The lowest BCUT2D eigenvalue weighted by Crippen LogP contribution is -2.40. The predicted molar refractivity (Wildman–Crippen MR) is 96.4 cm³/mol. The van der Waals surface area contributed by atoms with Gasteiger partial charge in [0, 0.05) is 25.5 Å². The maximum absolute atomic E-state index is 6.12. The zero-order valence-corrected chi connectivity index (χ0v) is 14.5. The van der Waals surface area contributed by atoms with Gasteiger partial charge >= 0.3 is 0 Å². The SMILES string of the molecule is Cc1nc(N2CCCC(OCc3cccnc3)C2)c2sccc2n1. The van der Waals surface area contributed by atoms with Crippen LogP contribution in [0, 0.1) is 6.92 Å². The number of hydrogen-bond acceptors (Lipinski definition) is 6. The fourth-order valence-electron chi connectivity index (χ4n) is 3.14. The van der Waals surface area contributed by atoms with Gasteiger partial charge in [-0.3, -0.25) is 4.98 Å². The van der Waals surface area contributed by atoms with Crippen LogP contribution in [0.2, 0.25) is 0 Å².